The number of rotatable bonds is 7. The lowest BCUT2D eigenvalue weighted by molar-refractivity contribution is -0.118. The van der Waals surface area contributed by atoms with Gasteiger partial charge in [0.2, 0.25) is 5.91 Å². The summed E-state index contributed by atoms with van der Waals surface area (Å²) in [5.41, 5.74) is -0.0329. The number of nitrogens with one attached hydrogen (secondary N) is 1. The molecule has 1 N–H and O–H groups in total. The fourth-order valence-corrected chi connectivity index (χ4v) is 4.90. The van der Waals surface area contributed by atoms with Crippen LogP contribution in [0.1, 0.15) is 25.1 Å². The molecular formula is C21H23ClN4O2S. The van der Waals surface area contributed by atoms with E-state index in [1.54, 1.807) is 4.57 Å². The van der Waals surface area contributed by atoms with E-state index in [2.05, 4.69) is 10.4 Å². The molecule has 2 heterocycles. The minimum Gasteiger partial charge on any atom is -0.355 e. The van der Waals surface area contributed by atoms with Crippen LogP contribution in [-0.2, 0) is 24.3 Å². The Balaban J connectivity index is 1.26. The molecule has 3 aromatic rings. The molecular weight excluding hydrogens is 408 g/mol. The molecule has 2 aromatic carbocycles. The molecule has 1 amide bonds. The van der Waals surface area contributed by atoms with Crippen LogP contribution in [0.5, 0.6) is 0 Å². The SMILES string of the molecule is O=C(CSc1cccc2cccc(Cl)c12)NCCCn1nc2n(c1=O)CCCC2. The minimum atomic E-state index is -0.0329. The molecule has 4 rings (SSSR count). The van der Waals surface area contributed by atoms with Gasteiger partial charge in [-0.05, 0) is 36.8 Å². The van der Waals surface area contributed by atoms with Gasteiger partial charge in [-0.3, -0.25) is 9.36 Å². The molecule has 0 atom stereocenters. The summed E-state index contributed by atoms with van der Waals surface area (Å²) in [6.07, 6.45) is 3.67. The standard InChI is InChI=1S/C21H23ClN4O2S/c22-16-8-3-6-15-7-4-9-17(20(15)16)29-14-19(27)23-11-5-13-26-21(28)25-12-2-1-10-18(25)24-26/h3-4,6-9H,1-2,5,10-14H2,(H,23,27). The number of fused-ring (bicyclic) bond motifs is 2. The van der Waals surface area contributed by atoms with Crippen molar-refractivity contribution in [3.8, 4) is 0 Å². The predicted molar refractivity (Wildman–Crippen MR) is 117 cm³/mol. The smallest absolute Gasteiger partial charge is 0.345 e. The van der Waals surface area contributed by atoms with Crippen LogP contribution in [0.25, 0.3) is 10.8 Å². The number of hydrogen-bond donors (Lipinski definition) is 1. The first kappa shape index (κ1) is 20.0. The Labute approximate surface area is 178 Å². The van der Waals surface area contributed by atoms with Gasteiger partial charge in [-0.2, -0.15) is 5.10 Å². The van der Waals surface area contributed by atoms with Crippen molar-refractivity contribution in [3.05, 3.63) is 57.7 Å². The number of thioether (sulfide) groups is 1. The average molecular weight is 431 g/mol. The molecule has 0 aliphatic carbocycles. The molecule has 1 aliphatic heterocycles. The first-order chi connectivity index (χ1) is 14.1. The summed E-state index contributed by atoms with van der Waals surface area (Å²) in [6, 6.07) is 11.8. The third kappa shape index (κ3) is 4.51. The Kier molecular flexibility index (Phi) is 6.25. The van der Waals surface area contributed by atoms with Crippen molar-refractivity contribution < 1.29 is 4.79 Å². The number of halogens is 1. The molecule has 152 valence electrons. The molecule has 0 spiro atoms. The van der Waals surface area contributed by atoms with E-state index in [1.807, 2.05) is 36.4 Å². The predicted octanol–water partition coefficient (Wildman–Crippen LogP) is 3.49. The number of carbonyl (C=O) groups is 1. The van der Waals surface area contributed by atoms with Crippen molar-refractivity contribution in [2.75, 3.05) is 12.3 Å². The van der Waals surface area contributed by atoms with Crippen LogP contribution in [0.15, 0.2) is 46.1 Å². The minimum absolute atomic E-state index is 0.0319. The van der Waals surface area contributed by atoms with Gasteiger partial charge in [0, 0.05) is 41.4 Å². The third-order valence-corrected chi connectivity index (χ3v) is 6.45. The maximum absolute atomic E-state index is 12.3. The van der Waals surface area contributed by atoms with E-state index in [0.29, 0.717) is 30.3 Å². The van der Waals surface area contributed by atoms with Gasteiger partial charge in [0.25, 0.3) is 0 Å². The molecule has 0 saturated carbocycles. The van der Waals surface area contributed by atoms with Crippen LogP contribution in [0.3, 0.4) is 0 Å². The summed E-state index contributed by atoms with van der Waals surface area (Å²) in [6.45, 7) is 1.80. The second-order valence-corrected chi connectivity index (χ2v) is 8.54. The van der Waals surface area contributed by atoms with Gasteiger partial charge in [0.1, 0.15) is 5.82 Å². The number of carbonyl (C=O) groups excluding carboxylic acids is 1. The second kappa shape index (κ2) is 9.05. The van der Waals surface area contributed by atoms with Crippen LogP contribution >= 0.6 is 23.4 Å². The summed E-state index contributed by atoms with van der Waals surface area (Å²) in [4.78, 5) is 25.5. The number of nitrogens with zero attached hydrogens (tertiary/aromatic N) is 3. The van der Waals surface area contributed by atoms with Gasteiger partial charge in [0.15, 0.2) is 0 Å². The van der Waals surface area contributed by atoms with Crippen LogP contribution in [0.2, 0.25) is 5.02 Å². The molecule has 1 aliphatic rings. The molecule has 0 fully saturated rings. The van der Waals surface area contributed by atoms with Crippen LogP contribution < -0.4 is 11.0 Å². The number of aromatic nitrogens is 3. The maximum atomic E-state index is 12.3. The van der Waals surface area contributed by atoms with E-state index in [-0.39, 0.29) is 11.6 Å². The summed E-state index contributed by atoms with van der Waals surface area (Å²) in [5.74, 6) is 1.18. The molecule has 6 nitrogen and oxygen atoms in total. The summed E-state index contributed by atoms with van der Waals surface area (Å²) < 4.78 is 3.30. The van der Waals surface area contributed by atoms with Gasteiger partial charge in [-0.15, -0.1) is 11.8 Å². The Bertz CT molecular complexity index is 1090. The fraction of sp³-hybridized carbons (Fsp3) is 0.381. The number of aryl methyl sites for hydroxylation is 2. The van der Waals surface area contributed by atoms with Crippen molar-refractivity contribution in [1.82, 2.24) is 19.7 Å². The van der Waals surface area contributed by atoms with Gasteiger partial charge < -0.3 is 5.32 Å². The van der Waals surface area contributed by atoms with Gasteiger partial charge in [-0.1, -0.05) is 35.9 Å². The highest BCUT2D eigenvalue weighted by molar-refractivity contribution is 8.00. The van der Waals surface area contributed by atoms with E-state index in [1.165, 1.54) is 16.4 Å². The zero-order valence-electron chi connectivity index (χ0n) is 16.1. The van der Waals surface area contributed by atoms with E-state index >= 15 is 0 Å². The second-order valence-electron chi connectivity index (χ2n) is 7.12. The molecule has 0 saturated heterocycles. The Morgan fingerprint density at radius 1 is 1.21 bits per heavy atom. The number of amides is 1. The molecule has 8 heteroatoms. The number of benzene rings is 2. The largest absolute Gasteiger partial charge is 0.355 e. The van der Waals surface area contributed by atoms with E-state index in [0.717, 1.165) is 47.3 Å². The zero-order chi connectivity index (χ0) is 20.2. The summed E-state index contributed by atoms with van der Waals surface area (Å²) in [7, 11) is 0. The summed E-state index contributed by atoms with van der Waals surface area (Å²) in [5, 5.41) is 10.1. The molecule has 0 bridgehead atoms. The van der Waals surface area contributed by atoms with Gasteiger partial charge in [0.05, 0.1) is 5.75 Å². The highest BCUT2D eigenvalue weighted by Crippen LogP contribution is 2.33. The highest BCUT2D eigenvalue weighted by atomic mass is 35.5. The number of hydrogen-bond acceptors (Lipinski definition) is 4. The van der Waals surface area contributed by atoms with Crippen molar-refractivity contribution in [3.63, 3.8) is 0 Å². The first-order valence-corrected chi connectivity index (χ1v) is 11.2. The average Bonchev–Trinajstić information content (AvgIpc) is 3.05. The van der Waals surface area contributed by atoms with Crippen molar-refractivity contribution in [2.24, 2.45) is 0 Å². The topological polar surface area (TPSA) is 68.9 Å². The Hall–Kier alpha value is -2.25. The van der Waals surface area contributed by atoms with E-state index in [4.69, 9.17) is 11.6 Å². The zero-order valence-corrected chi connectivity index (χ0v) is 17.6. The quantitative estimate of drug-likeness (QED) is 0.460. The van der Waals surface area contributed by atoms with Crippen molar-refractivity contribution in [1.29, 1.82) is 0 Å². The molecule has 0 unspecified atom stereocenters. The van der Waals surface area contributed by atoms with Gasteiger partial charge in [-0.25, -0.2) is 9.48 Å². The van der Waals surface area contributed by atoms with Crippen molar-refractivity contribution in [2.45, 2.75) is 43.7 Å². The van der Waals surface area contributed by atoms with Crippen molar-refractivity contribution >= 4 is 40.0 Å². The molecule has 1 aromatic heterocycles. The molecule has 29 heavy (non-hydrogen) atoms. The van der Waals surface area contributed by atoms with Crippen LogP contribution in [0.4, 0.5) is 0 Å². The van der Waals surface area contributed by atoms with Gasteiger partial charge >= 0.3 is 5.69 Å². The van der Waals surface area contributed by atoms with Crippen LogP contribution in [-0.4, -0.2) is 32.6 Å². The Morgan fingerprint density at radius 2 is 2.03 bits per heavy atom. The maximum Gasteiger partial charge on any atom is 0.345 e. The lowest BCUT2D eigenvalue weighted by Crippen LogP contribution is -2.30. The third-order valence-electron chi connectivity index (χ3n) is 5.07. The monoisotopic (exact) mass is 430 g/mol. The first-order valence-electron chi connectivity index (χ1n) is 9.87. The normalized spacial score (nSPS) is 13.4. The van der Waals surface area contributed by atoms with Crippen LogP contribution in [0, 0.1) is 0 Å². The summed E-state index contributed by atoms with van der Waals surface area (Å²) >= 11 is 7.82. The lowest BCUT2D eigenvalue weighted by atomic mass is 10.1. The lowest BCUT2D eigenvalue weighted by Gasteiger charge is -2.09. The Morgan fingerprint density at radius 3 is 2.86 bits per heavy atom. The van der Waals surface area contributed by atoms with E-state index < -0.39 is 0 Å². The molecule has 0 radical (unpaired) electrons. The van der Waals surface area contributed by atoms with E-state index in [9.17, 15) is 9.59 Å². The fourth-order valence-electron chi connectivity index (χ4n) is 3.63. The highest BCUT2D eigenvalue weighted by Gasteiger charge is 2.16.